The Kier molecular flexibility index (Phi) is 4.60. The molecular formula is C18H17IN4OS. The molecule has 0 aliphatic carbocycles. The zero-order chi connectivity index (χ0) is 17.4. The maximum absolute atomic E-state index is 12.8. The van der Waals surface area contributed by atoms with Crippen molar-refractivity contribution in [2.75, 3.05) is 31.1 Å². The van der Waals surface area contributed by atoms with Gasteiger partial charge in [-0.2, -0.15) is 0 Å². The fourth-order valence-electron chi connectivity index (χ4n) is 2.98. The zero-order valence-corrected chi connectivity index (χ0v) is 16.7. The molecule has 0 unspecified atom stereocenters. The first kappa shape index (κ1) is 16.7. The van der Waals surface area contributed by atoms with Crippen molar-refractivity contribution in [3.63, 3.8) is 0 Å². The minimum atomic E-state index is 0.124. The molecule has 0 atom stereocenters. The van der Waals surface area contributed by atoms with Gasteiger partial charge in [0.25, 0.3) is 5.91 Å². The predicted octanol–water partition coefficient (Wildman–Crippen LogP) is 3.57. The van der Waals surface area contributed by atoms with Gasteiger partial charge >= 0.3 is 0 Å². The predicted molar refractivity (Wildman–Crippen MR) is 109 cm³/mol. The first-order valence-corrected chi connectivity index (χ1v) is 10.0. The molecule has 4 rings (SSSR count). The number of pyridine rings is 1. The van der Waals surface area contributed by atoms with Crippen LogP contribution in [0.15, 0.2) is 36.5 Å². The van der Waals surface area contributed by atoms with E-state index in [1.807, 2.05) is 42.2 Å². The van der Waals surface area contributed by atoms with Crippen molar-refractivity contribution in [1.29, 1.82) is 0 Å². The third-order valence-electron chi connectivity index (χ3n) is 4.41. The van der Waals surface area contributed by atoms with E-state index in [0.717, 1.165) is 43.3 Å². The summed E-state index contributed by atoms with van der Waals surface area (Å²) < 4.78 is 1.05. The van der Waals surface area contributed by atoms with Crippen LogP contribution in [0.2, 0.25) is 0 Å². The van der Waals surface area contributed by atoms with E-state index in [-0.39, 0.29) is 5.91 Å². The molecule has 1 saturated heterocycles. The van der Waals surface area contributed by atoms with Gasteiger partial charge in [-0.25, -0.2) is 9.97 Å². The van der Waals surface area contributed by atoms with Crippen LogP contribution in [0.5, 0.6) is 0 Å². The SMILES string of the molecule is Cc1cccc(C(=O)N2CCN(c3nc4cccnc4s3)CC2)c1I. The van der Waals surface area contributed by atoms with Crippen LogP contribution in [0.3, 0.4) is 0 Å². The third-order valence-corrected chi connectivity index (χ3v) is 6.89. The number of carbonyl (C=O) groups excluding carboxylic acids is 1. The quantitative estimate of drug-likeness (QED) is 0.545. The van der Waals surface area contributed by atoms with Crippen molar-refractivity contribution < 1.29 is 4.79 Å². The van der Waals surface area contributed by atoms with Crippen LogP contribution in [0.25, 0.3) is 10.3 Å². The normalized spacial score (nSPS) is 15.0. The Labute approximate surface area is 163 Å². The summed E-state index contributed by atoms with van der Waals surface area (Å²) in [6.07, 6.45) is 1.80. The van der Waals surface area contributed by atoms with Crippen LogP contribution in [-0.4, -0.2) is 47.0 Å². The van der Waals surface area contributed by atoms with Gasteiger partial charge in [-0.05, 0) is 53.3 Å². The topological polar surface area (TPSA) is 49.3 Å². The molecule has 0 bridgehead atoms. The first-order valence-electron chi connectivity index (χ1n) is 8.14. The number of hydrogen-bond donors (Lipinski definition) is 0. The maximum atomic E-state index is 12.8. The number of hydrogen-bond acceptors (Lipinski definition) is 5. The van der Waals surface area contributed by atoms with Gasteiger partial charge in [-0.1, -0.05) is 23.5 Å². The van der Waals surface area contributed by atoms with Gasteiger partial charge in [0.1, 0.15) is 10.3 Å². The maximum Gasteiger partial charge on any atom is 0.255 e. The van der Waals surface area contributed by atoms with Gasteiger partial charge < -0.3 is 9.80 Å². The van der Waals surface area contributed by atoms with E-state index in [2.05, 4.69) is 37.5 Å². The summed E-state index contributed by atoms with van der Waals surface area (Å²) in [7, 11) is 0. The van der Waals surface area contributed by atoms with Crippen LogP contribution < -0.4 is 4.90 Å². The van der Waals surface area contributed by atoms with Gasteiger partial charge in [0.2, 0.25) is 0 Å². The molecule has 7 heteroatoms. The van der Waals surface area contributed by atoms with Crippen molar-refractivity contribution in [1.82, 2.24) is 14.9 Å². The second kappa shape index (κ2) is 6.87. The van der Waals surface area contributed by atoms with Gasteiger partial charge in [-0.3, -0.25) is 4.79 Å². The van der Waals surface area contributed by atoms with Crippen molar-refractivity contribution in [3.8, 4) is 0 Å². The molecule has 1 aromatic carbocycles. The van der Waals surface area contributed by atoms with Crippen LogP contribution in [0.4, 0.5) is 5.13 Å². The molecule has 1 fully saturated rings. The van der Waals surface area contributed by atoms with Crippen LogP contribution in [-0.2, 0) is 0 Å². The molecule has 0 spiro atoms. The van der Waals surface area contributed by atoms with E-state index in [9.17, 15) is 4.79 Å². The summed E-state index contributed by atoms with van der Waals surface area (Å²) in [6.45, 7) is 5.07. The molecule has 0 N–H and O–H groups in total. The summed E-state index contributed by atoms with van der Waals surface area (Å²) in [6, 6.07) is 9.81. The number of anilines is 1. The molecule has 0 saturated carbocycles. The van der Waals surface area contributed by atoms with Gasteiger partial charge in [-0.15, -0.1) is 0 Å². The largest absolute Gasteiger partial charge is 0.344 e. The van der Waals surface area contributed by atoms with Crippen LogP contribution in [0.1, 0.15) is 15.9 Å². The highest BCUT2D eigenvalue weighted by atomic mass is 127. The van der Waals surface area contributed by atoms with Crippen molar-refractivity contribution >= 4 is 55.3 Å². The minimum Gasteiger partial charge on any atom is -0.344 e. The van der Waals surface area contributed by atoms with E-state index < -0.39 is 0 Å². The summed E-state index contributed by atoms with van der Waals surface area (Å²) in [5, 5.41) is 0.992. The smallest absolute Gasteiger partial charge is 0.255 e. The van der Waals surface area contributed by atoms with Crippen LogP contribution in [0, 0.1) is 10.5 Å². The summed E-state index contributed by atoms with van der Waals surface area (Å²) in [5.74, 6) is 0.124. The molecule has 3 heterocycles. The highest BCUT2D eigenvalue weighted by Crippen LogP contribution is 2.28. The number of piperazine rings is 1. The van der Waals surface area contributed by atoms with Crippen molar-refractivity contribution in [2.45, 2.75) is 6.92 Å². The molecule has 25 heavy (non-hydrogen) atoms. The van der Waals surface area contributed by atoms with E-state index in [0.29, 0.717) is 13.1 Å². The number of aryl methyl sites for hydroxylation is 1. The lowest BCUT2D eigenvalue weighted by molar-refractivity contribution is 0.0745. The van der Waals surface area contributed by atoms with E-state index in [1.165, 1.54) is 0 Å². The number of rotatable bonds is 2. The fourth-order valence-corrected chi connectivity index (χ4v) is 4.53. The Morgan fingerprint density at radius 2 is 1.96 bits per heavy atom. The number of carbonyl (C=O) groups is 1. The van der Waals surface area contributed by atoms with E-state index in [1.54, 1.807) is 17.5 Å². The number of benzene rings is 1. The van der Waals surface area contributed by atoms with Crippen LogP contribution >= 0.6 is 33.9 Å². The lowest BCUT2D eigenvalue weighted by Crippen LogP contribution is -2.49. The lowest BCUT2D eigenvalue weighted by Gasteiger charge is -2.34. The Bertz CT molecular complexity index is 901. The molecule has 1 amide bonds. The van der Waals surface area contributed by atoms with E-state index in [4.69, 9.17) is 0 Å². The van der Waals surface area contributed by atoms with Crippen molar-refractivity contribution in [3.05, 3.63) is 51.2 Å². The zero-order valence-electron chi connectivity index (χ0n) is 13.8. The molecule has 3 aromatic rings. The highest BCUT2D eigenvalue weighted by Gasteiger charge is 2.25. The van der Waals surface area contributed by atoms with Gasteiger partial charge in [0, 0.05) is 35.9 Å². The Balaban J connectivity index is 1.47. The Hall–Kier alpha value is -1.74. The number of fused-ring (bicyclic) bond motifs is 1. The van der Waals surface area contributed by atoms with Gasteiger partial charge in [0.15, 0.2) is 5.13 Å². The number of aromatic nitrogens is 2. The monoisotopic (exact) mass is 464 g/mol. The molecule has 1 aliphatic heterocycles. The van der Waals surface area contributed by atoms with Gasteiger partial charge in [0.05, 0.1) is 5.56 Å². The molecule has 0 radical (unpaired) electrons. The average Bonchev–Trinajstić information content (AvgIpc) is 3.08. The first-order chi connectivity index (χ1) is 12.1. The number of amides is 1. The number of thiazole rings is 1. The summed E-state index contributed by atoms with van der Waals surface area (Å²) >= 11 is 3.88. The Morgan fingerprint density at radius 3 is 2.72 bits per heavy atom. The Morgan fingerprint density at radius 1 is 1.16 bits per heavy atom. The fraction of sp³-hybridized carbons (Fsp3) is 0.278. The molecule has 128 valence electrons. The second-order valence-corrected chi connectivity index (χ2v) is 8.07. The average molecular weight is 464 g/mol. The second-order valence-electron chi connectivity index (χ2n) is 6.04. The lowest BCUT2D eigenvalue weighted by atomic mass is 10.1. The highest BCUT2D eigenvalue weighted by molar-refractivity contribution is 14.1. The molecule has 1 aliphatic rings. The van der Waals surface area contributed by atoms with Crippen molar-refractivity contribution in [2.24, 2.45) is 0 Å². The molecule has 2 aromatic heterocycles. The third kappa shape index (κ3) is 3.22. The standard InChI is InChI=1S/C18H17IN4OS/c1-12-4-2-5-13(15(12)19)17(24)22-8-10-23(11-9-22)18-21-14-6-3-7-20-16(14)25-18/h2-7H,8-11H2,1H3. The molecular weight excluding hydrogens is 447 g/mol. The van der Waals surface area contributed by atoms with E-state index >= 15 is 0 Å². The molecule has 5 nitrogen and oxygen atoms in total. The summed E-state index contributed by atoms with van der Waals surface area (Å²) in [4.78, 5) is 27.0. The number of nitrogens with zero attached hydrogens (tertiary/aromatic N) is 4. The summed E-state index contributed by atoms with van der Waals surface area (Å²) in [5.41, 5.74) is 2.89. The minimum absolute atomic E-state index is 0.124. The number of halogens is 1.